The van der Waals surface area contributed by atoms with Crippen molar-refractivity contribution in [3.63, 3.8) is 0 Å². The van der Waals surface area contributed by atoms with E-state index in [2.05, 4.69) is 16.4 Å². The van der Waals surface area contributed by atoms with Gasteiger partial charge in [0.25, 0.3) is 5.56 Å². The molecule has 3 aromatic rings. The van der Waals surface area contributed by atoms with Crippen LogP contribution in [0.3, 0.4) is 0 Å². The normalized spacial score (nSPS) is 20.8. The number of rotatable bonds is 7. The summed E-state index contributed by atoms with van der Waals surface area (Å²) >= 11 is 0. The molecule has 0 bridgehead atoms. The maximum Gasteiger partial charge on any atom is 0.335 e. The molecule has 1 saturated heterocycles. The second-order valence-electron chi connectivity index (χ2n) is 10.3. The minimum Gasteiger partial charge on any atom is -0.458 e. The van der Waals surface area contributed by atoms with E-state index < -0.39 is 35.9 Å². The van der Waals surface area contributed by atoms with Crippen LogP contribution < -0.4 is 16.6 Å². The number of halogens is 1. The van der Waals surface area contributed by atoms with Gasteiger partial charge in [-0.15, -0.1) is 0 Å². The highest BCUT2D eigenvalue weighted by molar-refractivity contribution is 5.91. The van der Waals surface area contributed by atoms with Gasteiger partial charge in [0.1, 0.15) is 17.7 Å². The fourth-order valence-corrected chi connectivity index (χ4v) is 4.46. The molecule has 196 valence electrons. The first-order chi connectivity index (χ1) is 17.6. The number of aromatic nitrogens is 3. The Labute approximate surface area is 213 Å². The quantitative estimate of drug-likeness (QED) is 0.409. The molecule has 1 aromatic carbocycles. The van der Waals surface area contributed by atoms with Crippen molar-refractivity contribution >= 4 is 28.4 Å². The third-order valence-electron chi connectivity index (χ3n) is 6.32. The van der Waals surface area contributed by atoms with E-state index in [0.29, 0.717) is 40.8 Å². The number of nitrogens with zero attached hydrogens (tertiary/aromatic N) is 3. The van der Waals surface area contributed by atoms with E-state index in [1.54, 1.807) is 55.8 Å². The van der Waals surface area contributed by atoms with Gasteiger partial charge in [0, 0.05) is 11.9 Å². The number of nitriles is 1. The van der Waals surface area contributed by atoms with Crippen LogP contribution in [0.4, 0.5) is 15.9 Å². The van der Waals surface area contributed by atoms with Crippen LogP contribution >= 0.6 is 0 Å². The Balaban J connectivity index is 1.67. The van der Waals surface area contributed by atoms with Crippen molar-refractivity contribution in [1.29, 1.82) is 5.26 Å². The first-order valence-corrected chi connectivity index (χ1v) is 12.1. The minimum atomic E-state index is -0.892. The number of aromatic amines is 1. The molecule has 1 aliphatic heterocycles. The molecular weight excluding hydrogens is 479 g/mol. The molecule has 0 saturated carbocycles. The number of nitrogens with two attached hydrogens (primary N) is 1. The number of alkyl halides is 1. The largest absolute Gasteiger partial charge is 0.458 e. The molecule has 2 aromatic heterocycles. The van der Waals surface area contributed by atoms with Crippen molar-refractivity contribution in [2.75, 3.05) is 18.6 Å². The van der Waals surface area contributed by atoms with Gasteiger partial charge in [-0.3, -0.25) is 9.48 Å². The zero-order valence-electron chi connectivity index (χ0n) is 21.1. The lowest BCUT2D eigenvalue weighted by Gasteiger charge is -2.39. The third-order valence-corrected chi connectivity index (χ3v) is 6.32. The highest BCUT2D eigenvalue weighted by Gasteiger charge is 2.43. The SMILES string of the molecule is CC(C)(C)OC(=O)[C@@H]1CC[C@@](CC#N)(n2nc(Nc3ccc([C@H](N)CF)cc3)c3c(=O)[nH]ccc32)CO1. The van der Waals surface area contributed by atoms with Gasteiger partial charge in [-0.05, 0) is 57.4 Å². The number of ether oxygens (including phenoxy) is 2. The Hall–Kier alpha value is -3.75. The van der Waals surface area contributed by atoms with Crippen LogP contribution in [0.2, 0.25) is 0 Å². The molecule has 4 rings (SSSR count). The predicted octanol–water partition coefficient (Wildman–Crippen LogP) is 3.57. The zero-order valence-corrected chi connectivity index (χ0v) is 21.1. The summed E-state index contributed by atoms with van der Waals surface area (Å²) in [5.74, 6) is -0.149. The highest BCUT2D eigenvalue weighted by Crippen LogP contribution is 2.37. The maximum atomic E-state index is 12.9. The molecule has 3 heterocycles. The number of carbonyl (C=O) groups excluding carboxylic acids is 1. The van der Waals surface area contributed by atoms with Crippen LogP contribution in [-0.4, -0.2) is 45.7 Å². The van der Waals surface area contributed by atoms with Gasteiger partial charge in [0.05, 0.1) is 36.2 Å². The summed E-state index contributed by atoms with van der Waals surface area (Å²) in [7, 11) is 0. The number of H-pyrrole nitrogens is 1. The fourth-order valence-electron chi connectivity index (χ4n) is 4.46. The summed E-state index contributed by atoms with van der Waals surface area (Å²) in [5.41, 5.74) is 5.67. The number of esters is 1. The summed E-state index contributed by atoms with van der Waals surface area (Å²) in [4.78, 5) is 28.1. The van der Waals surface area contributed by atoms with Crippen LogP contribution in [0.25, 0.3) is 10.9 Å². The van der Waals surface area contributed by atoms with E-state index >= 15 is 0 Å². The van der Waals surface area contributed by atoms with E-state index in [1.165, 1.54) is 6.20 Å². The average Bonchev–Trinajstić information content (AvgIpc) is 3.23. The van der Waals surface area contributed by atoms with Crippen molar-refractivity contribution < 1.29 is 18.7 Å². The van der Waals surface area contributed by atoms with E-state index in [4.69, 9.17) is 20.3 Å². The van der Waals surface area contributed by atoms with E-state index in [1.807, 2.05) is 0 Å². The number of benzene rings is 1. The number of pyridine rings is 1. The van der Waals surface area contributed by atoms with E-state index in [0.717, 1.165) is 0 Å². The molecule has 1 aliphatic rings. The van der Waals surface area contributed by atoms with Gasteiger partial charge in [-0.25, -0.2) is 9.18 Å². The van der Waals surface area contributed by atoms with Crippen molar-refractivity contribution in [1.82, 2.24) is 14.8 Å². The first kappa shape index (κ1) is 26.3. The molecule has 3 atom stereocenters. The van der Waals surface area contributed by atoms with Crippen molar-refractivity contribution in [3.05, 3.63) is 52.4 Å². The Kier molecular flexibility index (Phi) is 7.34. The number of hydrogen-bond acceptors (Lipinski definition) is 8. The lowest BCUT2D eigenvalue weighted by atomic mass is 9.87. The Bertz CT molecular complexity index is 1360. The number of carbonyl (C=O) groups is 1. The van der Waals surface area contributed by atoms with Crippen LogP contribution in [-0.2, 0) is 19.8 Å². The van der Waals surface area contributed by atoms with Gasteiger partial charge in [-0.2, -0.15) is 10.4 Å². The fraction of sp³-hybridized carbons (Fsp3) is 0.462. The molecule has 1 fully saturated rings. The Morgan fingerprint density at radius 2 is 2.14 bits per heavy atom. The molecule has 0 amide bonds. The smallest absolute Gasteiger partial charge is 0.335 e. The second-order valence-corrected chi connectivity index (χ2v) is 10.3. The van der Waals surface area contributed by atoms with Gasteiger partial charge in [0.15, 0.2) is 11.9 Å². The van der Waals surface area contributed by atoms with E-state index in [9.17, 15) is 19.2 Å². The van der Waals surface area contributed by atoms with Crippen LogP contribution in [0.5, 0.6) is 0 Å². The monoisotopic (exact) mass is 510 g/mol. The summed E-state index contributed by atoms with van der Waals surface area (Å²) in [6, 6.07) is 10.1. The standard InChI is InChI=1S/C26H31FN6O4/c1-25(2,3)37-24(35)20-8-10-26(11-12-28,15-36-20)33-19-9-13-30-23(34)21(19)22(32-33)31-17-6-4-16(5-7-17)18(29)14-27/h4-7,9,13,18,20H,8,10-11,14-15,29H2,1-3H3,(H,30,34)(H,31,32)/t18-,20+,26+/m1/s1. The van der Waals surface area contributed by atoms with Gasteiger partial charge in [0.2, 0.25) is 0 Å². The first-order valence-electron chi connectivity index (χ1n) is 12.1. The molecule has 10 nitrogen and oxygen atoms in total. The van der Waals surface area contributed by atoms with Crippen molar-refractivity contribution in [2.24, 2.45) is 5.73 Å². The lowest BCUT2D eigenvalue weighted by Crippen LogP contribution is -2.47. The Morgan fingerprint density at radius 1 is 1.41 bits per heavy atom. The third kappa shape index (κ3) is 5.50. The molecule has 37 heavy (non-hydrogen) atoms. The summed E-state index contributed by atoms with van der Waals surface area (Å²) in [6.45, 7) is 4.74. The second kappa shape index (κ2) is 10.3. The Morgan fingerprint density at radius 3 is 2.73 bits per heavy atom. The van der Waals surface area contributed by atoms with Gasteiger partial charge < -0.3 is 25.5 Å². The molecule has 0 aliphatic carbocycles. The van der Waals surface area contributed by atoms with Gasteiger partial charge in [-0.1, -0.05) is 12.1 Å². The number of nitrogens with one attached hydrogen (secondary N) is 2. The van der Waals surface area contributed by atoms with E-state index in [-0.39, 0.29) is 18.6 Å². The molecule has 4 N–H and O–H groups in total. The molecule has 0 unspecified atom stereocenters. The number of hydrogen-bond donors (Lipinski definition) is 3. The summed E-state index contributed by atoms with van der Waals surface area (Å²) in [5, 5.41) is 17.9. The van der Waals surface area contributed by atoms with Crippen LogP contribution in [0, 0.1) is 11.3 Å². The van der Waals surface area contributed by atoms with Crippen molar-refractivity contribution in [3.8, 4) is 6.07 Å². The van der Waals surface area contributed by atoms with Crippen molar-refractivity contribution in [2.45, 2.75) is 63.3 Å². The maximum absolute atomic E-state index is 12.9. The molecule has 0 radical (unpaired) electrons. The number of fused-ring (bicyclic) bond motifs is 1. The van der Waals surface area contributed by atoms with Crippen LogP contribution in [0.1, 0.15) is 51.6 Å². The van der Waals surface area contributed by atoms with Crippen LogP contribution in [0.15, 0.2) is 41.3 Å². The molecule has 0 spiro atoms. The summed E-state index contributed by atoms with van der Waals surface area (Å²) in [6.07, 6.45) is 1.59. The molecular formula is C26H31FN6O4. The lowest BCUT2D eigenvalue weighted by molar-refractivity contribution is -0.176. The highest BCUT2D eigenvalue weighted by atomic mass is 19.1. The topological polar surface area (TPSA) is 148 Å². The predicted molar refractivity (Wildman–Crippen MR) is 136 cm³/mol. The van der Waals surface area contributed by atoms with Gasteiger partial charge >= 0.3 is 5.97 Å². The molecule has 11 heteroatoms. The average molecular weight is 511 g/mol. The minimum absolute atomic E-state index is 0.0449. The summed E-state index contributed by atoms with van der Waals surface area (Å²) < 4.78 is 26.0. The zero-order chi connectivity index (χ0) is 26.8. The number of anilines is 2.